The summed E-state index contributed by atoms with van der Waals surface area (Å²) in [6.45, 7) is 5.14. The number of hydrogen-bond donors (Lipinski definition) is 1. The number of benzene rings is 2. The topological polar surface area (TPSA) is 44.3 Å². The third-order valence-corrected chi connectivity index (χ3v) is 4.75. The van der Waals surface area contributed by atoms with E-state index in [-0.39, 0.29) is 5.82 Å². The summed E-state index contributed by atoms with van der Waals surface area (Å²) in [7, 11) is 0. The van der Waals surface area contributed by atoms with Crippen LogP contribution in [0.5, 0.6) is 0 Å². The molecule has 27 heavy (non-hydrogen) atoms. The van der Waals surface area contributed by atoms with Crippen molar-refractivity contribution in [2.24, 2.45) is 0 Å². The van der Waals surface area contributed by atoms with Crippen LogP contribution in [0.15, 0.2) is 60.8 Å². The predicted molar refractivity (Wildman–Crippen MR) is 107 cm³/mol. The van der Waals surface area contributed by atoms with Gasteiger partial charge in [-0.3, -0.25) is 0 Å². The van der Waals surface area contributed by atoms with Gasteiger partial charge < -0.3 is 15.1 Å². The largest absolute Gasteiger partial charge is 0.366 e. The first-order valence-corrected chi connectivity index (χ1v) is 9.10. The zero-order valence-corrected chi connectivity index (χ0v) is 15.3. The van der Waals surface area contributed by atoms with Gasteiger partial charge in [0.2, 0.25) is 5.95 Å². The third-order valence-electron chi connectivity index (χ3n) is 4.75. The van der Waals surface area contributed by atoms with E-state index in [0.717, 1.165) is 37.7 Å². The summed E-state index contributed by atoms with van der Waals surface area (Å²) in [5.41, 5.74) is 2.84. The molecule has 0 aliphatic carbocycles. The van der Waals surface area contributed by atoms with Crippen molar-refractivity contribution in [3.05, 3.63) is 72.2 Å². The summed E-state index contributed by atoms with van der Waals surface area (Å²) >= 11 is 0. The number of halogens is 1. The monoisotopic (exact) mass is 363 g/mol. The average molecular weight is 363 g/mol. The molecule has 2 aromatic carbocycles. The molecular weight excluding hydrogens is 341 g/mol. The maximum Gasteiger partial charge on any atom is 0.229 e. The molecule has 1 fully saturated rings. The Kier molecular flexibility index (Phi) is 4.87. The van der Waals surface area contributed by atoms with E-state index in [4.69, 9.17) is 0 Å². The van der Waals surface area contributed by atoms with E-state index in [1.54, 1.807) is 12.3 Å². The molecule has 0 bridgehead atoms. The minimum absolute atomic E-state index is 0.169. The zero-order chi connectivity index (χ0) is 18.6. The van der Waals surface area contributed by atoms with E-state index < -0.39 is 0 Å². The zero-order valence-electron chi connectivity index (χ0n) is 15.3. The maximum atomic E-state index is 14.0. The molecule has 1 aliphatic heterocycles. The van der Waals surface area contributed by atoms with E-state index in [1.807, 2.05) is 42.5 Å². The van der Waals surface area contributed by atoms with Crippen molar-refractivity contribution in [3.63, 3.8) is 0 Å². The van der Waals surface area contributed by atoms with Crippen LogP contribution < -0.4 is 15.1 Å². The molecule has 4 rings (SSSR count). The van der Waals surface area contributed by atoms with E-state index >= 15 is 0 Å². The van der Waals surface area contributed by atoms with E-state index in [9.17, 15) is 4.39 Å². The summed E-state index contributed by atoms with van der Waals surface area (Å²) < 4.78 is 14.0. The third kappa shape index (κ3) is 4.00. The van der Waals surface area contributed by atoms with Gasteiger partial charge in [0.05, 0.1) is 5.69 Å². The Bertz CT molecular complexity index is 904. The molecule has 1 aliphatic rings. The van der Waals surface area contributed by atoms with E-state index in [1.165, 1.54) is 11.6 Å². The normalized spacial score (nSPS) is 14.3. The van der Waals surface area contributed by atoms with E-state index in [2.05, 4.69) is 32.0 Å². The number of rotatable bonds is 4. The van der Waals surface area contributed by atoms with Crippen LogP contribution in [0, 0.1) is 12.7 Å². The summed E-state index contributed by atoms with van der Waals surface area (Å²) in [4.78, 5) is 13.2. The lowest BCUT2D eigenvalue weighted by Crippen LogP contribution is -2.47. The summed E-state index contributed by atoms with van der Waals surface area (Å²) in [6.07, 6.45) is 1.77. The van der Waals surface area contributed by atoms with Gasteiger partial charge >= 0.3 is 0 Å². The number of para-hydroxylation sites is 1. The summed E-state index contributed by atoms with van der Waals surface area (Å²) in [5.74, 6) is 1.29. The van der Waals surface area contributed by atoms with Gasteiger partial charge in [-0.15, -0.1) is 0 Å². The molecule has 0 saturated carbocycles. The first-order valence-electron chi connectivity index (χ1n) is 9.10. The fourth-order valence-electron chi connectivity index (χ4n) is 3.24. The van der Waals surface area contributed by atoms with Crippen molar-refractivity contribution in [1.82, 2.24) is 9.97 Å². The number of piperazine rings is 1. The lowest BCUT2D eigenvalue weighted by atomic mass is 10.2. The van der Waals surface area contributed by atoms with Crippen LogP contribution in [0.3, 0.4) is 0 Å². The second-order valence-corrected chi connectivity index (χ2v) is 6.65. The number of hydrogen-bond acceptors (Lipinski definition) is 5. The van der Waals surface area contributed by atoms with Crippen molar-refractivity contribution in [2.75, 3.05) is 41.3 Å². The first kappa shape index (κ1) is 17.3. The fraction of sp³-hybridized carbons (Fsp3) is 0.238. The highest BCUT2D eigenvalue weighted by Gasteiger charge is 2.20. The fourth-order valence-corrected chi connectivity index (χ4v) is 3.24. The lowest BCUT2D eigenvalue weighted by molar-refractivity contribution is 0.596. The molecule has 1 saturated heterocycles. The van der Waals surface area contributed by atoms with Gasteiger partial charge in [0.25, 0.3) is 0 Å². The highest BCUT2D eigenvalue weighted by atomic mass is 19.1. The number of aromatic nitrogens is 2. The van der Waals surface area contributed by atoms with Crippen LogP contribution in [-0.2, 0) is 0 Å². The quantitative estimate of drug-likeness (QED) is 0.759. The Balaban J connectivity index is 1.42. The van der Waals surface area contributed by atoms with Crippen molar-refractivity contribution in [2.45, 2.75) is 6.92 Å². The molecule has 5 nitrogen and oxygen atoms in total. The van der Waals surface area contributed by atoms with Crippen LogP contribution >= 0.6 is 0 Å². The molecule has 1 aromatic heterocycles. The SMILES string of the molecule is Cc1ccc(Nc2nccc(N3CCN(c4ccccc4F)CC3)n2)cc1. The maximum absolute atomic E-state index is 14.0. The number of nitrogens with one attached hydrogen (secondary N) is 1. The summed E-state index contributed by atoms with van der Waals surface area (Å²) in [6, 6.07) is 17.0. The Labute approximate surface area is 158 Å². The van der Waals surface area contributed by atoms with E-state index in [0.29, 0.717) is 11.6 Å². The molecule has 0 radical (unpaired) electrons. The van der Waals surface area contributed by atoms with Crippen molar-refractivity contribution < 1.29 is 4.39 Å². The second-order valence-electron chi connectivity index (χ2n) is 6.65. The average Bonchev–Trinajstić information content (AvgIpc) is 2.71. The van der Waals surface area contributed by atoms with Crippen molar-refractivity contribution in [1.29, 1.82) is 0 Å². The second kappa shape index (κ2) is 7.61. The predicted octanol–water partition coefficient (Wildman–Crippen LogP) is 3.99. The number of aryl methyl sites for hydroxylation is 1. The Morgan fingerprint density at radius 3 is 2.33 bits per heavy atom. The van der Waals surface area contributed by atoms with Gasteiger partial charge in [0.1, 0.15) is 11.6 Å². The molecule has 6 heteroatoms. The van der Waals surface area contributed by atoms with Gasteiger partial charge in [-0.05, 0) is 37.3 Å². The van der Waals surface area contributed by atoms with Gasteiger partial charge in [0, 0.05) is 38.1 Å². The lowest BCUT2D eigenvalue weighted by Gasteiger charge is -2.36. The molecule has 2 heterocycles. The van der Waals surface area contributed by atoms with Crippen molar-refractivity contribution in [3.8, 4) is 0 Å². The minimum Gasteiger partial charge on any atom is -0.366 e. The molecule has 3 aromatic rings. The van der Waals surface area contributed by atoms with Gasteiger partial charge in [-0.1, -0.05) is 29.8 Å². The Morgan fingerprint density at radius 1 is 0.889 bits per heavy atom. The Morgan fingerprint density at radius 2 is 1.59 bits per heavy atom. The standard InChI is InChI=1S/C21H22FN5/c1-16-6-8-17(9-7-16)24-21-23-11-10-20(25-21)27-14-12-26(13-15-27)19-5-3-2-4-18(19)22/h2-11H,12-15H2,1H3,(H,23,24,25). The smallest absolute Gasteiger partial charge is 0.229 e. The Hall–Kier alpha value is -3.15. The summed E-state index contributed by atoms with van der Waals surface area (Å²) in [5, 5.41) is 3.24. The molecule has 0 amide bonds. The number of anilines is 4. The van der Waals surface area contributed by atoms with Gasteiger partial charge in [-0.25, -0.2) is 9.37 Å². The van der Waals surface area contributed by atoms with Crippen LogP contribution in [-0.4, -0.2) is 36.1 Å². The highest BCUT2D eigenvalue weighted by molar-refractivity contribution is 5.56. The van der Waals surface area contributed by atoms with Crippen molar-refractivity contribution >= 4 is 23.1 Å². The van der Waals surface area contributed by atoms with Crippen LogP contribution in [0.4, 0.5) is 27.5 Å². The molecule has 1 N–H and O–H groups in total. The van der Waals surface area contributed by atoms with Gasteiger partial charge in [0.15, 0.2) is 0 Å². The van der Waals surface area contributed by atoms with Crippen LogP contribution in [0.1, 0.15) is 5.56 Å². The first-order chi connectivity index (χ1) is 13.2. The van der Waals surface area contributed by atoms with Crippen LogP contribution in [0.2, 0.25) is 0 Å². The molecule has 138 valence electrons. The number of nitrogens with zero attached hydrogens (tertiary/aromatic N) is 4. The molecule has 0 atom stereocenters. The minimum atomic E-state index is -0.169. The molecule has 0 unspecified atom stereocenters. The van der Waals surface area contributed by atoms with Crippen LogP contribution in [0.25, 0.3) is 0 Å². The van der Waals surface area contributed by atoms with Gasteiger partial charge in [-0.2, -0.15) is 4.98 Å². The molecule has 0 spiro atoms. The highest BCUT2D eigenvalue weighted by Crippen LogP contribution is 2.23. The molecular formula is C21H22FN5.